The van der Waals surface area contributed by atoms with Gasteiger partial charge in [-0.05, 0) is 44.4 Å². The highest BCUT2D eigenvalue weighted by Crippen LogP contribution is 2.48. The molecule has 19 heavy (non-hydrogen) atoms. The summed E-state index contributed by atoms with van der Waals surface area (Å²) in [4.78, 5) is 11.3. The third kappa shape index (κ3) is 2.13. The van der Waals surface area contributed by atoms with Crippen molar-refractivity contribution in [2.75, 3.05) is 6.61 Å². The minimum atomic E-state index is -0.501. The Morgan fingerprint density at radius 2 is 1.84 bits per heavy atom. The van der Waals surface area contributed by atoms with Gasteiger partial charge in [0.15, 0.2) is 6.29 Å². The first-order chi connectivity index (χ1) is 9.29. The van der Waals surface area contributed by atoms with Gasteiger partial charge >= 0.3 is 6.16 Å². The molecule has 5 nitrogen and oxygen atoms in total. The molecule has 0 amide bonds. The highest BCUT2D eigenvalue weighted by atomic mass is 16.7. The number of carbonyl (C=O) groups is 1. The zero-order valence-corrected chi connectivity index (χ0v) is 11.0. The molecule has 4 bridgehead atoms. The van der Waals surface area contributed by atoms with Crippen LogP contribution in [0.25, 0.3) is 0 Å². The Labute approximate surface area is 112 Å². The van der Waals surface area contributed by atoms with Crippen LogP contribution in [-0.4, -0.2) is 37.4 Å². The van der Waals surface area contributed by atoms with Crippen molar-refractivity contribution in [1.29, 1.82) is 0 Å². The quantitative estimate of drug-likeness (QED) is 0.719. The summed E-state index contributed by atoms with van der Waals surface area (Å²) in [7, 11) is 0. The van der Waals surface area contributed by atoms with Gasteiger partial charge in [-0.25, -0.2) is 4.79 Å². The van der Waals surface area contributed by atoms with Crippen molar-refractivity contribution < 1.29 is 23.7 Å². The van der Waals surface area contributed by atoms with Crippen molar-refractivity contribution in [3.8, 4) is 0 Å². The summed E-state index contributed by atoms with van der Waals surface area (Å²) in [5.41, 5.74) is 0. The van der Waals surface area contributed by atoms with Crippen molar-refractivity contribution >= 4 is 6.16 Å². The standard InChI is InChI=1S/C14H20O5/c15-14-18-10-6-8-5-9(13(10)11(7-8)19-14)17-12-3-1-2-4-16-12/h8-13H,1-7H2. The molecule has 0 N–H and O–H groups in total. The molecule has 3 aliphatic carbocycles. The highest BCUT2D eigenvalue weighted by molar-refractivity contribution is 5.61. The molecule has 5 rings (SSSR count). The normalized spacial score (nSPS) is 48.5. The van der Waals surface area contributed by atoms with E-state index in [-0.39, 0.29) is 30.5 Å². The van der Waals surface area contributed by atoms with Gasteiger partial charge in [0.2, 0.25) is 0 Å². The number of hydrogen-bond acceptors (Lipinski definition) is 5. The predicted octanol–water partition coefficient (Wildman–Crippen LogP) is 2.23. The lowest BCUT2D eigenvalue weighted by Gasteiger charge is -2.52. The van der Waals surface area contributed by atoms with E-state index in [9.17, 15) is 4.79 Å². The Bertz CT molecular complexity index is 347. The van der Waals surface area contributed by atoms with Crippen LogP contribution in [0.5, 0.6) is 0 Å². The fourth-order valence-corrected chi connectivity index (χ4v) is 4.15. The molecule has 5 aliphatic rings. The van der Waals surface area contributed by atoms with E-state index in [4.69, 9.17) is 18.9 Å². The van der Waals surface area contributed by atoms with Crippen molar-refractivity contribution in [2.45, 2.75) is 63.1 Å². The van der Waals surface area contributed by atoms with Crippen molar-refractivity contribution in [2.24, 2.45) is 11.8 Å². The van der Waals surface area contributed by atoms with E-state index in [1.54, 1.807) is 0 Å². The lowest BCUT2D eigenvalue weighted by atomic mass is 9.65. The van der Waals surface area contributed by atoms with Gasteiger partial charge < -0.3 is 18.9 Å². The van der Waals surface area contributed by atoms with E-state index in [0.717, 1.165) is 38.7 Å². The molecule has 3 saturated carbocycles. The molecule has 5 heteroatoms. The van der Waals surface area contributed by atoms with Gasteiger partial charge in [-0.1, -0.05) is 0 Å². The van der Waals surface area contributed by atoms with Gasteiger partial charge in [0.25, 0.3) is 0 Å². The lowest BCUT2D eigenvalue weighted by Crippen LogP contribution is -2.59. The van der Waals surface area contributed by atoms with Crippen molar-refractivity contribution in [3.05, 3.63) is 0 Å². The molecule has 2 saturated heterocycles. The van der Waals surface area contributed by atoms with Gasteiger partial charge in [0, 0.05) is 6.61 Å². The first kappa shape index (κ1) is 12.0. The van der Waals surface area contributed by atoms with E-state index in [0.29, 0.717) is 5.92 Å². The summed E-state index contributed by atoms with van der Waals surface area (Å²) < 4.78 is 22.5. The smallest absolute Gasteiger partial charge is 0.430 e. The van der Waals surface area contributed by atoms with Crippen LogP contribution >= 0.6 is 0 Å². The van der Waals surface area contributed by atoms with E-state index in [2.05, 4.69) is 0 Å². The largest absolute Gasteiger partial charge is 0.508 e. The van der Waals surface area contributed by atoms with Crippen LogP contribution in [-0.2, 0) is 18.9 Å². The molecule has 0 aromatic heterocycles. The molecular formula is C14H20O5. The third-order valence-electron chi connectivity index (χ3n) is 4.94. The Morgan fingerprint density at radius 1 is 1.05 bits per heavy atom. The van der Waals surface area contributed by atoms with Gasteiger partial charge in [0.05, 0.1) is 12.0 Å². The molecule has 0 aromatic carbocycles. The average molecular weight is 268 g/mol. The SMILES string of the molecule is O=C1OC2CC3CC(O1)C2C(OC1CCCCO1)C3. The van der Waals surface area contributed by atoms with E-state index in [1.807, 2.05) is 0 Å². The molecule has 4 unspecified atom stereocenters. The summed E-state index contributed by atoms with van der Waals surface area (Å²) in [6.45, 7) is 0.795. The van der Waals surface area contributed by atoms with E-state index < -0.39 is 6.16 Å². The monoisotopic (exact) mass is 268 g/mol. The highest BCUT2D eigenvalue weighted by Gasteiger charge is 2.55. The fourth-order valence-electron chi connectivity index (χ4n) is 4.15. The molecular weight excluding hydrogens is 248 g/mol. The minimum absolute atomic E-state index is 0.00709. The van der Waals surface area contributed by atoms with Crippen LogP contribution < -0.4 is 0 Å². The second-order valence-corrected chi connectivity index (χ2v) is 6.18. The maximum atomic E-state index is 11.3. The lowest BCUT2D eigenvalue weighted by molar-refractivity contribution is -0.258. The zero-order valence-electron chi connectivity index (χ0n) is 11.0. The summed E-state index contributed by atoms with van der Waals surface area (Å²) in [6.07, 6.45) is 5.81. The molecule has 4 atom stereocenters. The first-order valence-electron chi connectivity index (χ1n) is 7.44. The zero-order chi connectivity index (χ0) is 12.8. The van der Waals surface area contributed by atoms with Crippen molar-refractivity contribution in [3.63, 3.8) is 0 Å². The molecule has 0 spiro atoms. The Morgan fingerprint density at radius 3 is 2.53 bits per heavy atom. The Hall–Kier alpha value is -0.810. The van der Waals surface area contributed by atoms with Crippen LogP contribution in [0.3, 0.4) is 0 Å². The van der Waals surface area contributed by atoms with Crippen molar-refractivity contribution in [1.82, 2.24) is 0 Å². The van der Waals surface area contributed by atoms with Gasteiger partial charge in [0.1, 0.15) is 12.2 Å². The van der Waals surface area contributed by atoms with Crippen LogP contribution in [0.4, 0.5) is 4.79 Å². The second kappa shape index (κ2) is 4.63. The van der Waals surface area contributed by atoms with E-state index >= 15 is 0 Å². The summed E-state index contributed by atoms with van der Waals surface area (Å²) in [5, 5.41) is 0. The number of fused-ring (bicyclic) bond motifs is 1. The summed E-state index contributed by atoms with van der Waals surface area (Å²) in [5.74, 6) is 0.759. The average Bonchev–Trinajstić information content (AvgIpc) is 2.38. The van der Waals surface area contributed by atoms with Gasteiger partial charge in [-0.2, -0.15) is 0 Å². The second-order valence-electron chi connectivity index (χ2n) is 6.18. The van der Waals surface area contributed by atoms with Gasteiger partial charge in [-0.3, -0.25) is 0 Å². The fraction of sp³-hybridized carbons (Fsp3) is 0.929. The van der Waals surface area contributed by atoms with Crippen LogP contribution in [0, 0.1) is 11.8 Å². The maximum Gasteiger partial charge on any atom is 0.508 e. The molecule has 0 radical (unpaired) electrons. The number of rotatable bonds is 2. The maximum absolute atomic E-state index is 11.3. The number of carbonyl (C=O) groups excluding carboxylic acids is 1. The minimum Gasteiger partial charge on any atom is -0.430 e. The summed E-state index contributed by atoms with van der Waals surface area (Å²) >= 11 is 0. The first-order valence-corrected chi connectivity index (χ1v) is 7.44. The molecule has 2 aliphatic heterocycles. The van der Waals surface area contributed by atoms with Crippen LogP contribution in [0.1, 0.15) is 38.5 Å². The molecule has 106 valence electrons. The third-order valence-corrected chi connectivity index (χ3v) is 4.94. The summed E-state index contributed by atoms with van der Waals surface area (Å²) in [6, 6.07) is 0. The van der Waals surface area contributed by atoms with Crippen LogP contribution in [0.2, 0.25) is 0 Å². The topological polar surface area (TPSA) is 54.0 Å². The molecule has 0 aromatic rings. The van der Waals surface area contributed by atoms with Crippen LogP contribution in [0.15, 0.2) is 0 Å². The Kier molecular flexibility index (Phi) is 2.92. The molecule has 5 fully saturated rings. The number of hydrogen-bond donors (Lipinski definition) is 0. The Balaban J connectivity index is 1.46. The molecule has 2 heterocycles. The predicted molar refractivity (Wildman–Crippen MR) is 64.4 cm³/mol. The van der Waals surface area contributed by atoms with E-state index in [1.165, 1.54) is 6.42 Å². The number of ether oxygens (including phenoxy) is 4. The van der Waals surface area contributed by atoms with Gasteiger partial charge in [-0.15, -0.1) is 0 Å².